The average Bonchev–Trinajstić information content (AvgIpc) is 2.79. The Bertz CT molecular complexity index is 1300. The molecule has 0 amide bonds. The SMILES string of the molecule is Nc1nc(Nc2ccc(Cl)cc2)cc(-c2cc(Br)ccc2OCc2ccc([N+](=O)[O-])cc2)n1. The molecule has 10 heteroatoms. The molecule has 0 radical (unpaired) electrons. The lowest BCUT2D eigenvalue weighted by molar-refractivity contribution is -0.384. The van der Waals surface area contributed by atoms with Gasteiger partial charge in [-0.2, -0.15) is 4.98 Å². The summed E-state index contributed by atoms with van der Waals surface area (Å²) in [7, 11) is 0. The van der Waals surface area contributed by atoms with Gasteiger partial charge >= 0.3 is 0 Å². The van der Waals surface area contributed by atoms with E-state index in [-0.39, 0.29) is 18.2 Å². The number of hydrogen-bond acceptors (Lipinski definition) is 7. The topological polar surface area (TPSA) is 116 Å². The van der Waals surface area contributed by atoms with E-state index in [1.165, 1.54) is 12.1 Å². The summed E-state index contributed by atoms with van der Waals surface area (Å²) < 4.78 is 6.85. The van der Waals surface area contributed by atoms with Crippen LogP contribution in [0.25, 0.3) is 11.3 Å². The fourth-order valence-corrected chi connectivity index (χ4v) is 3.54. The largest absolute Gasteiger partial charge is 0.488 e. The second-order valence-corrected chi connectivity index (χ2v) is 8.33. The van der Waals surface area contributed by atoms with Crippen LogP contribution in [0, 0.1) is 10.1 Å². The molecule has 0 saturated heterocycles. The number of nitrogens with two attached hydrogens (primary N) is 1. The highest BCUT2D eigenvalue weighted by molar-refractivity contribution is 9.10. The van der Waals surface area contributed by atoms with Crippen LogP contribution in [0.5, 0.6) is 5.75 Å². The molecule has 0 spiro atoms. The Kier molecular flexibility index (Phi) is 6.71. The molecule has 0 fully saturated rings. The van der Waals surface area contributed by atoms with E-state index in [4.69, 9.17) is 22.1 Å². The zero-order valence-electron chi connectivity index (χ0n) is 17.0. The van der Waals surface area contributed by atoms with Gasteiger partial charge in [0.1, 0.15) is 18.2 Å². The molecule has 0 aliphatic rings. The van der Waals surface area contributed by atoms with Crippen molar-refractivity contribution in [1.29, 1.82) is 0 Å². The van der Waals surface area contributed by atoms with Crippen LogP contribution < -0.4 is 15.8 Å². The summed E-state index contributed by atoms with van der Waals surface area (Å²) >= 11 is 9.44. The number of benzene rings is 3. The Morgan fingerprint density at radius 2 is 1.76 bits per heavy atom. The fraction of sp³-hybridized carbons (Fsp3) is 0.0435. The number of nitrogens with zero attached hydrogens (tertiary/aromatic N) is 3. The van der Waals surface area contributed by atoms with Gasteiger partial charge in [0.2, 0.25) is 5.95 Å². The second kappa shape index (κ2) is 9.85. The zero-order valence-corrected chi connectivity index (χ0v) is 19.4. The Morgan fingerprint density at radius 3 is 2.45 bits per heavy atom. The first-order valence-electron chi connectivity index (χ1n) is 9.70. The van der Waals surface area contributed by atoms with Gasteiger partial charge in [0, 0.05) is 38.9 Å². The summed E-state index contributed by atoms with van der Waals surface area (Å²) in [6.45, 7) is 0.225. The van der Waals surface area contributed by atoms with Crippen molar-refractivity contribution in [2.24, 2.45) is 0 Å². The number of anilines is 3. The Morgan fingerprint density at radius 1 is 1.03 bits per heavy atom. The summed E-state index contributed by atoms with van der Waals surface area (Å²) in [5.41, 5.74) is 8.87. The normalized spacial score (nSPS) is 10.6. The first kappa shape index (κ1) is 22.5. The predicted molar refractivity (Wildman–Crippen MR) is 132 cm³/mol. The highest BCUT2D eigenvalue weighted by atomic mass is 79.9. The van der Waals surface area contributed by atoms with E-state index in [0.29, 0.717) is 27.8 Å². The van der Waals surface area contributed by atoms with Gasteiger partial charge < -0.3 is 15.8 Å². The lowest BCUT2D eigenvalue weighted by Crippen LogP contribution is -2.03. The van der Waals surface area contributed by atoms with Gasteiger partial charge in [-0.15, -0.1) is 0 Å². The molecule has 0 unspecified atom stereocenters. The first-order chi connectivity index (χ1) is 15.9. The molecule has 166 valence electrons. The second-order valence-electron chi connectivity index (χ2n) is 6.98. The molecule has 0 saturated carbocycles. The van der Waals surface area contributed by atoms with Crippen molar-refractivity contribution in [3.05, 3.63) is 98.0 Å². The Balaban J connectivity index is 1.60. The van der Waals surface area contributed by atoms with Crippen LogP contribution in [0.15, 0.2) is 77.3 Å². The minimum absolute atomic E-state index is 0.0280. The maximum absolute atomic E-state index is 10.8. The van der Waals surface area contributed by atoms with Gasteiger partial charge in [-0.1, -0.05) is 27.5 Å². The monoisotopic (exact) mass is 525 g/mol. The standard InChI is InChI=1S/C23H17BrClN5O3/c24-15-3-10-21(33-13-14-1-8-18(9-2-14)30(31)32)19(11-15)20-12-22(29-23(26)28-20)27-17-6-4-16(25)5-7-17/h1-12H,13H2,(H3,26,27,28,29). The molecule has 1 aromatic heterocycles. The number of nitrogen functional groups attached to an aromatic ring is 1. The van der Waals surface area contributed by atoms with Gasteiger partial charge in [-0.3, -0.25) is 10.1 Å². The third-order valence-electron chi connectivity index (χ3n) is 4.62. The summed E-state index contributed by atoms with van der Waals surface area (Å²) in [4.78, 5) is 19.0. The van der Waals surface area contributed by atoms with Crippen LogP contribution in [-0.2, 0) is 6.61 Å². The molecule has 8 nitrogen and oxygen atoms in total. The van der Waals surface area contributed by atoms with Crippen LogP contribution in [0.3, 0.4) is 0 Å². The molecule has 1 heterocycles. The van der Waals surface area contributed by atoms with Crippen molar-refractivity contribution in [2.75, 3.05) is 11.1 Å². The number of nitro benzene ring substituents is 1. The maximum atomic E-state index is 10.8. The van der Waals surface area contributed by atoms with Crippen LogP contribution in [-0.4, -0.2) is 14.9 Å². The van der Waals surface area contributed by atoms with E-state index < -0.39 is 4.92 Å². The Hall–Kier alpha value is -3.69. The van der Waals surface area contributed by atoms with Crippen molar-refractivity contribution in [1.82, 2.24) is 9.97 Å². The summed E-state index contributed by atoms with van der Waals surface area (Å²) in [5, 5.41) is 14.7. The molecule has 0 atom stereocenters. The van der Waals surface area contributed by atoms with Gasteiger partial charge in [0.15, 0.2) is 0 Å². The van der Waals surface area contributed by atoms with Crippen molar-refractivity contribution in [3.63, 3.8) is 0 Å². The predicted octanol–water partition coefficient (Wildman–Crippen LogP) is 6.37. The van der Waals surface area contributed by atoms with E-state index in [1.807, 2.05) is 30.3 Å². The van der Waals surface area contributed by atoms with E-state index in [0.717, 1.165) is 15.7 Å². The highest BCUT2D eigenvalue weighted by Gasteiger charge is 2.13. The van der Waals surface area contributed by atoms with E-state index >= 15 is 0 Å². The lowest BCUT2D eigenvalue weighted by atomic mass is 10.1. The molecule has 4 rings (SSSR count). The molecule has 0 aliphatic carbocycles. The number of nitrogens with one attached hydrogen (secondary N) is 1. The number of nitro groups is 1. The summed E-state index contributed by atoms with van der Waals surface area (Å²) in [5.74, 6) is 1.19. The van der Waals surface area contributed by atoms with Gasteiger partial charge in [-0.05, 0) is 60.2 Å². The molecule has 0 aliphatic heterocycles. The third kappa shape index (κ3) is 5.76. The number of hydrogen-bond donors (Lipinski definition) is 2. The van der Waals surface area contributed by atoms with Crippen molar-refractivity contribution in [2.45, 2.75) is 6.61 Å². The summed E-state index contributed by atoms with van der Waals surface area (Å²) in [6.07, 6.45) is 0. The highest BCUT2D eigenvalue weighted by Crippen LogP contribution is 2.34. The lowest BCUT2D eigenvalue weighted by Gasteiger charge is -2.14. The zero-order chi connectivity index (χ0) is 23.4. The fourth-order valence-electron chi connectivity index (χ4n) is 3.05. The first-order valence-corrected chi connectivity index (χ1v) is 10.9. The number of halogens is 2. The van der Waals surface area contributed by atoms with Crippen molar-refractivity contribution in [3.8, 4) is 17.0 Å². The van der Waals surface area contributed by atoms with Crippen molar-refractivity contribution < 1.29 is 9.66 Å². The van der Waals surface area contributed by atoms with E-state index in [9.17, 15) is 10.1 Å². The number of ether oxygens (including phenoxy) is 1. The molecule has 33 heavy (non-hydrogen) atoms. The quantitative estimate of drug-likeness (QED) is 0.212. The average molecular weight is 527 g/mol. The van der Waals surface area contributed by atoms with Crippen LogP contribution in [0.2, 0.25) is 5.02 Å². The minimum Gasteiger partial charge on any atom is -0.488 e. The number of rotatable bonds is 7. The van der Waals surface area contributed by atoms with Gasteiger partial charge in [-0.25, -0.2) is 4.98 Å². The number of aromatic nitrogens is 2. The molecule has 3 N–H and O–H groups in total. The Labute approximate surface area is 202 Å². The molecule has 0 bridgehead atoms. The molecular weight excluding hydrogens is 510 g/mol. The van der Waals surface area contributed by atoms with Crippen LogP contribution in [0.1, 0.15) is 5.56 Å². The van der Waals surface area contributed by atoms with Crippen LogP contribution >= 0.6 is 27.5 Å². The maximum Gasteiger partial charge on any atom is 0.269 e. The van der Waals surface area contributed by atoms with Gasteiger partial charge in [0.25, 0.3) is 5.69 Å². The van der Waals surface area contributed by atoms with E-state index in [1.54, 1.807) is 30.3 Å². The van der Waals surface area contributed by atoms with Crippen LogP contribution in [0.4, 0.5) is 23.1 Å². The van der Waals surface area contributed by atoms with Crippen molar-refractivity contribution >= 4 is 50.7 Å². The smallest absolute Gasteiger partial charge is 0.269 e. The third-order valence-corrected chi connectivity index (χ3v) is 5.36. The molecule has 3 aromatic carbocycles. The van der Waals surface area contributed by atoms with E-state index in [2.05, 4.69) is 31.2 Å². The molecular formula is C23H17BrClN5O3. The minimum atomic E-state index is -0.438. The molecule has 4 aromatic rings. The van der Waals surface area contributed by atoms with Gasteiger partial charge in [0.05, 0.1) is 10.6 Å². The number of non-ortho nitro benzene ring substituents is 1. The summed E-state index contributed by atoms with van der Waals surface area (Å²) in [6, 6.07) is 20.7.